The minimum Gasteiger partial charge on any atom is -0.345 e. The number of amides is 1. The van der Waals surface area contributed by atoms with E-state index >= 15 is 0 Å². The SMILES string of the molecule is Cn1cc(C(=O)NCc2nnc(C3CNC3)s2)c(-c2cccs2)n1. The molecule has 0 spiro atoms. The second kappa shape index (κ2) is 6.42. The van der Waals surface area contributed by atoms with Crippen LogP contribution in [-0.2, 0) is 13.6 Å². The topological polar surface area (TPSA) is 84.7 Å². The van der Waals surface area contributed by atoms with Gasteiger partial charge in [-0.3, -0.25) is 9.48 Å². The zero-order valence-corrected chi connectivity index (χ0v) is 14.7. The van der Waals surface area contributed by atoms with E-state index in [0.29, 0.717) is 23.7 Å². The lowest BCUT2D eigenvalue weighted by Gasteiger charge is -2.23. The Morgan fingerprint density at radius 3 is 3.04 bits per heavy atom. The van der Waals surface area contributed by atoms with Gasteiger partial charge in [0.05, 0.1) is 17.0 Å². The van der Waals surface area contributed by atoms with Gasteiger partial charge in [-0.25, -0.2) is 0 Å². The molecule has 1 aliphatic heterocycles. The number of carbonyl (C=O) groups is 1. The maximum Gasteiger partial charge on any atom is 0.255 e. The summed E-state index contributed by atoms with van der Waals surface area (Å²) < 4.78 is 1.66. The summed E-state index contributed by atoms with van der Waals surface area (Å²) in [5.41, 5.74) is 1.29. The second-order valence-corrected chi connectivity index (χ2v) is 7.66. The Morgan fingerprint density at radius 1 is 1.46 bits per heavy atom. The zero-order chi connectivity index (χ0) is 16.5. The molecule has 0 aromatic carbocycles. The van der Waals surface area contributed by atoms with Crippen molar-refractivity contribution in [2.75, 3.05) is 13.1 Å². The summed E-state index contributed by atoms with van der Waals surface area (Å²) in [6.45, 7) is 2.30. The summed E-state index contributed by atoms with van der Waals surface area (Å²) in [5, 5.41) is 22.8. The highest BCUT2D eigenvalue weighted by molar-refractivity contribution is 7.13. The number of aromatic nitrogens is 4. The standard InChI is InChI=1S/C15H16N6OS2/c1-21-8-10(13(20-21)11-3-2-4-23-11)14(22)17-7-12-18-19-15(24-12)9-5-16-6-9/h2-4,8-9,16H,5-7H2,1H3,(H,17,22). The third-order valence-electron chi connectivity index (χ3n) is 3.84. The van der Waals surface area contributed by atoms with Crippen LogP contribution in [0, 0.1) is 0 Å². The molecule has 0 aliphatic carbocycles. The predicted octanol–water partition coefficient (Wildman–Crippen LogP) is 1.62. The molecule has 1 aliphatic rings. The van der Waals surface area contributed by atoms with Crippen LogP contribution in [0.2, 0.25) is 0 Å². The van der Waals surface area contributed by atoms with Crippen LogP contribution < -0.4 is 10.6 Å². The van der Waals surface area contributed by atoms with E-state index in [0.717, 1.165) is 28.0 Å². The lowest BCUT2D eigenvalue weighted by Crippen LogP contribution is -2.39. The number of nitrogens with zero attached hydrogens (tertiary/aromatic N) is 4. The fourth-order valence-electron chi connectivity index (χ4n) is 2.47. The van der Waals surface area contributed by atoms with E-state index in [9.17, 15) is 4.79 Å². The van der Waals surface area contributed by atoms with Gasteiger partial charge in [0.25, 0.3) is 5.91 Å². The van der Waals surface area contributed by atoms with Gasteiger partial charge in [-0.15, -0.1) is 21.5 Å². The Hall–Kier alpha value is -2.10. The molecule has 4 heterocycles. The lowest BCUT2D eigenvalue weighted by atomic mass is 10.1. The van der Waals surface area contributed by atoms with E-state index < -0.39 is 0 Å². The molecule has 0 radical (unpaired) electrons. The summed E-state index contributed by atoms with van der Waals surface area (Å²) >= 11 is 3.13. The van der Waals surface area contributed by atoms with Crippen molar-refractivity contribution in [3.63, 3.8) is 0 Å². The van der Waals surface area contributed by atoms with E-state index in [1.165, 1.54) is 0 Å². The Morgan fingerprint density at radius 2 is 2.33 bits per heavy atom. The number of carbonyl (C=O) groups excluding carboxylic acids is 1. The molecule has 4 rings (SSSR count). The van der Waals surface area contributed by atoms with Crippen molar-refractivity contribution >= 4 is 28.6 Å². The first-order chi connectivity index (χ1) is 11.7. The summed E-state index contributed by atoms with van der Waals surface area (Å²) in [6.07, 6.45) is 1.75. The fraction of sp³-hybridized carbons (Fsp3) is 0.333. The molecule has 0 saturated carbocycles. The van der Waals surface area contributed by atoms with Crippen LogP contribution in [0.25, 0.3) is 10.6 Å². The Labute approximate surface area is 146 Å². The fourth-order valence-corrected chi connectivity index (χ4v) is 4.07. The van der Waals surface area contributed by atoms with Crippen LogP contribution in [0.5, 0.6) is 0 Å². The quantitative estimate of drug-likeness (QED) is 0.722. The highest BCUT2D eigenvalue weighted by atomic mass is 32.1. The number of hydrogen-bond acceptors (Lipinski definition) is 7. The van der Waals surface area contributed by atoms with Gasteiger partial charge < -0.3 is 10.6 Å². The Balaban J connectivity index is 1.46. The molecule has 2 N–H and O–H groups in total. The minimum absolute atomic E-state index is 0.145. The number of thiophene rings is 1. The molecule has 0 atom stereocenters. The summed E-state index contributed by atoms with van der Waals surface area (Å²) in [6, 6.07) is 3.92. The normalized spacial score (nSPS) is 14.5. The van der Waals surface area contributed by atoms with E-state index in [4.69, 9.17) is 0 Å². The third kappa shape index (κ3) is 2.97. The van der Waals surface area contributed by atoms with Gasteiger partial charge in [0.15, 0.2) is 0 Å². The average molecular weight is 360 g/mol. The summed E-state index contributed by atoms with van der Waals surface area (Å²) in [5.74, 6) is 0.323. The molecule has 24 heavy (non-hydrogen) atoms. The molecule has 1 saturated heterocycles. The van der Waals surface area contributed by atoms with Gasteiger partial charge in [0, 0.05) is 32.3 Å². The van der Waals surface area contributed by atoms with Crippen molar-refractivity contribution in [1.82, 2.24) is 30.6 Å². The van der Waals surface area contributed by atoms with E-state index in [-0.39, 0.29) is 5.91 Å². The molecular formula is C15H16N6OS2. The van der Waals surface area contributed by atoms with Crippen LogP contribution in [0.4, 0.5) is 0 Å². The van der Waals surface area contributed by atoms with Crippen LogP contribution in [-0.4, -0.2) is 39.0 Å². The van der Waals surface area contributed by atoms with Crippen molar-refractivity contribution < 1.29 is 4.79 Å². The largest absolute Gasteiger partial charge is 0.345 e. The first-order valence-corrected chi connectivity index (χ1v) is 9.29. The molecular weight excluding hydrogens is 344 g/mol. The van der Waals surface area contributed by atoms with Crippen molar-refractivity contribution in [2.24, 2.45) is 7.05 Å². The summed E-state index contributed by atoms with van der Waals surface area (Å²) in [7, 11) is 1.82. The van der Waals surface area contributed by atoms with Gasteiger partial charge in [-0.05, 0) is 11.4 Å². The number of nitrogens with one attached hydrogen (secondary N) is 2. The molecule has 3 aromatic heterocycles. The number of hydrogen-bond donors (Lipinski definition) is 2. The van der Waals surface area contributed by atoms with Crippen molar-refractivity contribution in [3.8, 4) is 10.6 Å². The van der Waals surface area contributed by atoms with Gasteiger partial charge in [0.2, 0.25) is 0 Å². The molecule has 1 fully saturated rings. The van der Waals surface area contributed by atoms with Crippen molar-refractivity contribution in [2.45, 2.75) is 12.5 Å². The van der Waals surface area contributed by atoms with Crippen LogP contribution >= 0.6 is 22.7 Å². The van der Waals surface area contributed by atoms with E-state index in [1.807, 2.05) is 24.6 Å². The molecule has 9 heteroatoms. The van der Waals surface area contributed by atoms with Crippen molar-refractivity contribution in [3.05, 3.63) is 39.3 Å². The molecule has 3 aromatic rings. The maximum atomic E-state index is 12.5. The molecule has 0 unspecified atom stereocenters. The van der Waals surface area contributed by atoms with Crippen LogP contribution in [0.15, 0.2) is 23.7 Å². The van der Waals surface area contributed by atoms with Gasteiger partial charge in [-0.2, -0.15) is 5.10 Å². The highest BCUT2D eigenvalue weighted by Crippen LogP contribution is 2.27. The van der Waals surface area contributed by atoms with Crippen LogP contribution in [0.1, 0.15) is 26.3 Å². The first kappa shape index (κ1) is 15.4. The zero-order valence-electron chi connectivity index (χ0n) is 13.0. The Bertz CT molecular complexity index is 849. The Kier molecular flexibility index (Phi) is 4.13. The molecule has 124 valence electrons. The van der Waals surface area contributed by atoms with Gasteiger partial charge >= 0.3 is 0 Å². The van der Waals surface area contributed by atoms with Gasteiger partial charge in [-0.1, -0.05) is 17.4 Å². The van der Waals surface area contributed by atoms with E-state index in [2.05, 4.69) is 25.9 Å². The minimum atomic E-state index is -0.145. The maximum absolute atomic E-state index is 12.5. The molecule has 1 amide bonds. The lowest BCUT2D eigenvalue weighted by molar-refractivity contribution is 0.0951. The van der Waals surface area contributed by atoms with E-state index in [1.54, 1.807) is 33.6 Å². The third-order valence-corrected chi connectivity index (χ3v) is 5.80. The van der Waals surface area contributed by atoms with Crippen molar-refractivity contribution in [1.29, 1.82) is 0 Å². The monoisotopic (exact) mass is 360 g/mol. The van der Waals surface area contributed by atoms with Gasteiger partial charge in [0.1, 0.15) is 15.7 Å². The summed E-state index contributed by atoms with van der Waals surface area (Å²) in [4.78, 5) is 13.5. The number of aryl methyl sites for hydroxylation is 1. The highest BCUT2D eigenvalue weighted by Gasteiger charge is 2.23. The first-order valence-electron chi connectivity index (χ1n) is 7.59. The van der Waals surface area contributed by atoms with Crippen LogP contribution in [0.3, 0.4) is 0 Å². The second-order valence-electron chi connectivity index (χ2n) is 5.61. The number of rotatable bonds is 5. The predicted molar refractivity (Wildman–Crippen MR) is 93.2 cm³/mol. The molecule has 0 bridgehead atoms. The molecule has 7 nitrogen and oxygen atoms in total. The average Bonchev–Trinajstić information content (AvgIpc) is 3.22. The smallest absolute Gasteiger partial charge is 0.255 e.